The first-order valence-corrected chi connectivity index (χ1v) is 11.0. The monoisotopic (exact) mass is 500 g/mol. The molecule has 4 aromatic rings. The Morgan fingerprint density at radius 2 is 1.64 bits per heavy atom. The van der Waals surface area contributed by atoms with Crippen LogP contribution in [0.5, 0.6) is 6.01 Å². The van der Waals surface area contributed by atoms with E-state index >= 15 is 0 Å². The van der Waals surface area contributed by atoms with Crippen molar-refractivity contribution in [1.82, 2.24) is 15.0 Å². The number of nitrogens with zero attached hydrogens (tertiary/aromatic N) is 2. The van der Waals surface area contributed by atoms with Crippen LogP contribution in [-0.2, 0) is 4.79 Å². The number of fused-ring (bicyclic) bond motifs is 1. The van der Waals surface area contributed by atoms with E-state index in [1.54, 1.807) is 6.07 Å². The number of imidazole rings is 1. The van der Waals surface area contributed by atoms with E-state index < -0.39 is 27.0 Å². The summed E-state index contributed by atoms with van der Waals surface area (Å²) in [5.41, 5.74) is 10.5. The first-order valence-electron chi connectivity index (χ1n) is 8.32. The number of ether oxygens (including phenoxy) is 1. The molecule has 0 saturated carbocycles. The zero-order chi connectivity index (χ0) is 19.7. The number of esters is 1. The summed E-state index contributed by atoms with van der Waals surface area (Å²) in [6, 6.07) is 18.1. The third-order valence-corrected chi connectivity index (χ3v) is 5.83. The number of H-pyrrole nitrogens is 1. The summed E-state index contributed by atoms with van der Waals surface area (Å²) in [7, 11) is 0. The molecule has 138 valence electrons. The molecule has 0 fully saturated rings. The van der Waals surface area contributed by atoms with Gasteiger partial charge in [0.05, 0.1) is 0 Å². The zero-order valence-electron chi connectivity index (χ0n) is 14.7. The predicted octanol–water partition coefficient (Wildman–Crippen LogP) is 1.21. The molecule has 0 bridgehead atoms. The van der Waals surface area contributed by atoms with Crippen molar-refractivity contribution in [2.45, 2.75) is 6.92 Å². The van der Waals surface area contributed by atoms with Crippen LogP contribution in [0.25, 0.3) is 33.5 Å². The molecule has 0 spiro atoms. The fraction of sp³-hybridized carbons (Fsp3) is 0.0500. The van der Waals surface area contributed by atoms with Crippen molar-refractivity contribution in [1.29, 1.82) is 0 Å². The van der Waals surface area contributed by atoms with E-state index in [2.05, 4.69) is 39.2 Å². The maximum absolute atomic E-state index is 11.1. The first kappa shape index (κ1) is 19.0. The van der Waals surface area contributed by atoms with Gasteiger partial charge in [0.15, 0.2) is 0 Å². The number of carbonyl (C=O) groups is 1. The van der Waals surface area contributed by atoms with Crippen molar-refractivity contribution in [3.63, 3.8) is 0 Å². The Morgan fingerprint density at radius 3 is 2.25 bits per heavy atom. The molecule has 0 saturated heterocycles. The van der Waals surface area contributed by atoms with E-state index in [1.165, 1.54) is 10.5 Å². The van der Waals surface area contributed by atoms with Crippen LogP contribution >= 0.6 is 11.6 Å². The van der Waals surface area contributed by atoms with Gasteiger partial charge in [-0.15, -0.1) is 0 Å². The van der Waals surface area contributed by atoms with Crippen LogP contribution in [0.15, 0.2) is 54.6 Å². The fourth-order valence-electron chi connectivity index (χ4n) is 2.82. The molecule has 4 rings (SSSR count). The zero-order valence-corrected chi connectivity index (χ0v) is 17.7. The van der Waals surface area contributed by atoms with E-state index in [1.807, 2.05) is 24.3 Å². The number of aromatic amines is 1. The number of halogens is 2. The molecular weight excluding hydrogens is 487 g/mol. The van der Waals surface area contributed by atoms with Gasteiger partial charge in [-0.3, -0.25) is 4.79 Å². The van der Waals surface area contributed by atoms with E-state index in [-0.39, 0.29) is 6.01 Å². The van der Waals surface area contributed by atoms with Crippen LogP contribution < -0.4 is 25.7 Å². The van der Waals surface area contributed by atoms with E-state index in [0.29, 0.717) is 21.9 Å². The molecule has 1 N–H and O–H groups in total. The topological polar surface area (TPSA) is 67.9 Å². The standard InChI is InChI=1S/C20H13BClIN3O2/c1-11(27)28-20-24-17-10-16(22)18(25-19(17)26-20)14-4-2-12(3-5-14)13-6-8-15(23-21)9-7-13/h2-10H,1H3,(H,24,25,26)/q-1. The molecule has 2 radical (unpaired) electrons. The molecule has 0 aliphatic carbocycles. The van der Waals surface area contributed by atoms with Crippen molar-refractivity contribution in [2.24, 2.45) is 0 Å². The van der Waals surface area contributed by atoms with Crippen LogP contribution in [-0.4, -0.2) is 26.6 Å². The predicted molar refractivity (Wildman–Crippen MR) is 106 cm³/mol. The first-order chi connectivity index (χ1) is 13.5. The van der Waals surface area contributed by atoms with Crippen molar-refractivity contribution < 1.29 is 30.5 Å². The van der Waals surface area contributed by atoms with Crippen molar-refractivity contribution >= 4 is 34.4 Å². The molecule has 0 aliphatic heterocycles. The van der Waals surface area contributed by atoms with Gasteiger partial charge in [0.1, 0.15) is 0 Å². The number of nitrogens with one attached hydrogen (secondary N) is 1. The summed E-state index contributed by atoms with van der Waals surface area (Å²) in [6.45, 7) is 1.31. The van der Waals surface area contributed by atoms with Crippen LogP contribution in [0.3, 0.4) is 0 Å². The van der Waals surface area contributed by atoms with Gasteiger partial charge in [0, 0.05) is 6.92 Å². The Bertz CT molecular complexity index is 1160. The number of hydrogen-bond acceptors (Lipinski definition) is 4. The van der Waals surface area contributed by atoms with E-state index in [4.69, 9.17) is 22.0 Å². The number of rotatable bonds is 4. The number of aromatic nitrogens is 3. The molecular formula is C20H13BClIN3O2-. The number of hydrogen-bond donors (Lipinski definition) is 1. The summed E-state index contributed by atoms with van der Waals surface area (Å²) in [5, 5.41) is 0.481. The van der Waals surface area contributed by atoms with Crippen molar-refractivity contribution in [2.75, 3.05) is 0 Å². The second kappa shape index (κ2) is 7.93. The van der Waals surface area contributed by atoms with Crippen LogP contribution in [0.1, 0.15) is 6.92 Å². The Balaban J connectivity index is 1.66. The normalized spacial score (nSPS) is 11.1. The van der Waals surface area contributed by atoms with Gasteiger partial charge in [-0.05, 0) is 0 Å². The molecule has 2 heterocycles. The van der Waals surface area contributed by atoms with Gasteiger partial charge in [-0.2, -0.15) is 0 Å². The average Bonchev–Trinajstić information content (AvgIpc) is 3.07. The van der Waals surface area contributed by atoms with Gasteiger partial charge in [0.25, 0.3) is 0 Å². The third kappa shape index (κ3) is 3.90. The van der Waals surface area contributed by atoms with Gasteiger partial charge in [0.2, 0.25) is 0 Å². The Morgan fingerprint density at radius 1 is 1.04 bits per heavy atom. The van der Waals surface area contributed by atoms with Gasteiger partial charge < -0.3 is 9.72 Å². The molecule has 2 aromatic heterocycles. The Labute approximate surface area is 177 Å². The fourth-order valence-corrected chi connectivity index (χ4v) is 3.85. The summed E-state index contributed by atoms with van der Waals surface area (Å²) in [6.07, 6.45) is 0. The van der Waals surface area contributed by atoms with Gasteiger partial charge in [-0.1, -0.05) is 0 Å². The van der Waals surface area contributed by atoms with Gasteiger partial charge >= 0.3 is 157 Å². The molecule has 0 aliphatic rings. The number of carbonyl (C=O) groups excluding carboxylic acids is 1. The van der Waals surface area contributed by atoms with Crippen molar-refractivity contribution in [3.8, 4) is 28.4 Å². The quantitative estimate of drug-likeness (QED) is 0.260. The van der Waals surface area contributed by atoms with Crippen LogP contribution in [0.4, 0.5) is 0 Å². The molecule has 8 heteroatoms. The van der Waals surface area contributed by atoms with Gasteiger partial charge in [-0.25, -0.2) is 0 Å². The minimum atomic E-state index is -0.456. The van der Waals surface area contributed by atoms with E-state index in [9.17, 15) is 4.79 Å². The van der Waals surface area contributed by atoms with Crippen molar-refractivity contribution in [3.05, 3.63) is 63.2 Å². The Hall–Kier alpha value is -2.39. The molecule has 0 amide bonds. The second-order valence-electron chi connectivity index (χ2n) is 6.02. The Kier molecular flexibility index (Phi) is 5.37. The van der Waals surface area contributed by atoms with E-state index in [0.717, 1.165) is 16.7 Å². The molecule has 5 nitrogen and oxygen atoms in total. The summed E-state index contributed by atoms with van der Waals surface area (Å²) in [4.78, 5) is 22.7. The SMILES string of the molecule is [B][I-]c1ccc(-c2ccc(-c3nc4nc(OC(C)=O)[nH]c4cc3Cl)cc2)cc1. The summed E-state index contributed by atoms with van der Waals surface area (Å²) in [5.74, 6) is -0.456. The molecule has 0 unspecified atom stereocenters. The second-order valence-corrected chi connectivity index (χ2v) is 8.29. The van der Waals surface area contributed by atoms with Crippen LogP contribution in [0, 0.1) is 3.57 Å². The molecule has 0 atom stereocenters. The number of benzene rings is 2. The average molecular weight is 501 g/mol. The third-order valence-electron chi connectivity index (χ3n) is 4.11. The minimum absolute atomic E-state index is 0.0990. The number of pyridine rings is 1. The summed E-state index contributed by atoms with van der Waals surface area (Å²) >= 11 is 6.03. The molecule has 28 heavy (non-hydrogen) atoms. The summed E-state index contributed by atoms with van der Waals surface area (Å²) < 4.78 is 6.18. The maximum atomic E-state index is 11.1. The molecule has 2 aromatic carbocycles. The van der Waals surface area contributed by atoms with Crippen LogP contribution in [0.2, 0.25) is 5.02 Å².